The van der Waals surface area contributed by atoms with Crippen LogP contribution in [-0.2, 0) is 9.53 Å². The van der Waals surface area contributed by atoms with Gasteiger partial charge in [-0.25, -0.2) is 4.79 Å². The van der Waals surface area contributed by atoms with Crippen molar-refractivity contribution in [1.29, 1.82) is 0 Å². The van der Waals surface area contributed by atoms with Crippen LogP contribution in [0, 0.1) is 0 Å². The molecule has 1 heterocycles. The number of methoxy groups -OCH3 is 1. The van der Waals surface area contributed by atoms with E-state index in [0.717, 1.165) is 4.68 Å². The molecule has 0 aliphatic heterocycles. The standard InChI is InChI=1S/C8H11N3O4/c1-15-4-6(8(13)14)11-3-5(2-10-11)7(9)12/h2-3,6H,4H2,1H3,(H2,9,12)(H,13,14). The maximum atomic E-state index is 10.8. The summed E-state index contributed by atoms with van der Waals surface area (Å²) in [5.41, 5.74) is 5.17. The van der Waals surface area contributed by atoms with E-state index in [0.29, 0.717) is 0 Å². The lowest BCUT2D eigenvalue weighted by molar-refractivity contribution is -0.142. The Morgan fingerprint density at radius 1 is 1.73 bits per heavy atom. The van der Waals surface area contributed by atoms with Gasteiger partial charge in [0, 0.05) is 13.3 Å². The van der Waals surface area contributed by atoms with Gasteiger partial charge >= 0.3 is 5.97 Å². The van der Waals surface area contributed by atoms with Crippen molar-refractivity contribution >= 4 is 11.9 Å². The van der Waals surface area contributed by atoms with Gasteiger partial charge in [-0.3, -0.25) is 9.48 Å². The smallest absolute Gasteiger partial charge is 0.330 e. The molecule has 0 aliphatic carbocycles. The van der Waals surface area contributed by atoms with Gasteiger partial charge in [0.05, 0.1) is 18.4 Å². The molecule has 15 heavy (non-hydrogen) atoms. The second-order valence-corrected chi connectivity index (χ2v) is 2.88. The molecule has 1 amide bonds. The molecule has 82 valence electrons. The predicted octanol–water partition coefficient (Wildman–Crippen LogP) is -0.746. The summed E-state index contributed by atoms with van der Waals surface area (Å²) in [6.45, 7) is -0.0325. The highest BCUT2D eigenvalue weighted by molar-refractivity contribution is 5.92. The summed E-state index contributed by atoms with van der Waals surface area (Å²) in [5, 5.41) is 12.6. The minimum Gasteiger partial charge on any atom is -0.480 e. The fourth-order valence-corrected chi connectivity index (χ4v) is 1.05. The lowest BCUT2D eigenvalue weighted by Gasteiger charge is -2.10. The molecule has 0 aliphatic rings. The molecule has 1 rings (SSSR count). The first kappa shape index (κ1) is 11.2. The topological polar surface area (TPSA) is 107 Å². The largest absolute Gasteiger partial charge is 0.480 e. The Kier molecular flexibility index (Phi) is 3.40. The summed E-state index contributed by atoms with van der Waals surface area (Å²) in [7, 11) is 1.38. The van der Waals surface area contributed by atoms with Crippen molar-refractivity contribution < 1.29 is 19.4 Å². The molecule has 0 saturated heterocycles. The van der Waals surface area contributed by atoms with Gasteiger partial charge in [0.15, 0.2) is 6.04 Å². The van der Waals surface area contributed by atoms with E-state index in [4.69, 9.17) is 15.6 Å². The summed E-state index contributed by atoms with van der Waals surface area (Å²) in [5.74, 6) is -1.74. The maximum Gasteiger partial charge on any atom is 0.330 e. The Morgan fingerprint density at radius 2 is 2.40 bits per heavy atom. The molecule has 1 unspecified atom stereocenters. The van der Waals surface area contributed by atoms with E-state index in [1.807, 2.05) is 0 Å². The number of carboxylic acids is 1. The monoisotopic (exact) mass is 213 g/mol. The normalized spacial score (nSPS) is 12.3. The maximum absolute atomic E-state index is 10.8. The third kappa shape index (κ3) is 2.53. The molecule has 7 heteroatoms. The van der Waals surface area contributed by atoms with E-state index < -0.39 is 17.9 Å². The van der Waals surface area contributed by atoms with Gasteiger partial charge < -0.3 is 15.6 Å². The van der Waals surface area contributed by atoms with E-state index in [-0.39, 0.29) is 12.2 Å². The molecule has 0 aromatic carbocycles. The number of carboxylic acid groups (broad SMARTS) is 1. The summed E-state index contributed by atoms with van der Waals surface area (Å²) < 4.78 is 5.86. The molecule has 0 saturated carbocycles. The zero-order chi connectivity index (χ0) is 11.4. The lowest BCUT2D eigenvalue weighted by Crippen LogP contribution is -2.24. The fraction of sp³-hybridized carbons (Fsp3) is 0.375. The first-order valence-electron chi connectivity index (χ1n) is 4.12. The quantitative estimate of drug-likeness (QED) is 0.669. The molecule has 0 fully saturated rings. The number of primary amides is 1. The molecule has 1 atom stereocenters. The summed E-state index contributed by atoms with van der Waals surface area (Å²) in [6.07, 6.45) is 2.49. The third-order valence-electron chi connectivity index (χ3n) is 1.81. The Hall–Kier alpha value is -1.89. The van der Waals surface area contributed by atoms with Crippen LogP contribution < -0.4 is 5.73 Å². The SMILES string of the molecule is COCC(C(=O)O)n1cc(C(N)=O)cn1. The van der Waals surface area contributed by atoms with Crippen molar-refractivity contribution in [3.63, 3.8) is 0 Å². The number of nitrogens with zero attached hydrogens (tertiary/aromatic N) is 2. The van der Waals surface area contributed by atoms with E-state index in [9.17, 15) is 9.59 Å². The number of carbonyl (C=O) groups excluding carboxylic acids is 1. The van der Waals surface area contributed by atoms with Gasteiger partial charge in [0.25, 0.3) is 5.91 Å². The van der Waals surface area contributed by atoms with Crippen molar-refractivity contribution in [3.05, 3.63) is 18.0 Å². The predicted molar refractivity (Wildman–Crippen MR) is 49.3 cm³/mol. The lowest BCUT2D eigenvalue weighted by atomic mass is 10.3. The molecule has 7 nitrogen and oxygen atoms in total. The third-order valence-corrected chi connectivity index (χ3v) is 1.81. The number of hydrogen-bond acceptors (Lipinski definition) is 4. The van der Waals surface area contributed by atoms with Crippen LogP contribution >= 0.6 is 0 Å². The molecule has 0 spiro atoms. The van der Waals surface area contributed by atoms with Crippen LogP contribution in [0.1, 0.15) is 16.4 Å². The molecular weight excluding hydrogens is 202 g/mol. The number of hydrogen-bond donors (Lipinski definition) is 2. The Balaban J connectivity index is 2.91. The summed E-state index contributed by atoms with van der Waals surface area (Å²) in [6, 6.07) is -0.955. The average molecular weight is 213 g/mol. The van der Waals surface area contributed by atoms with E-state index in [1.54, 1.807) is 0 Å². The van der Waals surface area contributed by atoms with Gasteiger partial charge in [-0.2, -0.15) is 5.10 Å². The number of aliphatic carboxylic acids is 1. The zero-order valence-electron chi connectivity index (χ0n) is 8.08. The Morgan fingerprint density at radius 3 is 2.80 bits per heavy atom. The second kappa shape index (κ2) is 4.56. The van der Waals surface area contributed by atoms with Crippen LogP contribution in [0.3, 0.4) is 0 Å². The Bertz CT molecular complexity index is 374. The molecule has 0 radical (unpaired) electrons. The van der Waals surface area contributed by atoms with Gasteiger partial charge in [-0.15, -0.1) is 0 Å². The highest BCUT2D eigenvalue weighted by atomic mass is 16.5. The minimum absolute atomic E-state index is 0.0325. The molecule has 1 aromatic heterocycles. The number of rotatable bonds is 5. The Labute approximate surface area is 85.4 Å². The van der Waals surface area contributed by atoms with Gasteiger partial charge in [-0.1, -0.05) is 0 Å². The van der Waals surface area contributed by atoms with Crippen molar-refractivity contribution in [1.82, 2.24) is 9.78 Å². The summed E-state index contributed by atoms with van der Waals surface area (Å²) >= 11 is 0. The first-order valence-corrected chi connectivity index (χ1v) is 4.12. The van der Waals surface area contributed by atoms with Gasteiger partial charge in [-0.05, 0) is 0 Å². The first-order chi connectivity index (χ1) is 7.06. The number of nitrogens with two attached hydrogens (primary N) is 1. The molecular formula is C8H11N3O4. The van der Waals surface area contributed by atoms with Crippen molar-refractivity contribution in [2.75, 3.05) is 13.7 Å². The van der Waals surface area contributed by atoms with Crippen LogP contribution in [0.2, 0.25) is 0 Å². The fourth-order valence-electron chi connectivity index (χ4n) is 1.05. The van der Waals surface area contributed by atoms with Gasteiger partial charge in [0.2, 0.25) is 0 Å². The molecule has 1 aromatic rings. The average Bonchev–Trinajstić information content (AvgIpc) is 2.62. The highest BCUT2D eigenvalue weighted by Gasteiger charge is 2.20. The van der Waals surface area contributed by atoms with E-state index in [2.05, 4.69) is 5.10 Å². The van der Waals surface area contributed by atoms with Crippen LogP contribution in [0.25, 0.3) is 0 Å². The number of carbonyl (C=O) groups is 2. The van der Waals surface area contributed by atoms with Crippen LogP contribution in [0.15, 0.2) is 12.4 Å². The van der Waals surface area contributed by atoms with Gasteiger partial charge in [0.1, 0.15) is 0 Å². The molecule has 0 bridgehead atoms. The summed E-state index contributed by atoms with van der Waals surface area (Å²) in [4.78, 5) is 21.6. The van der Waals surface area contributed by atoms with E-state index >= 15 is 0 Å². The highest BCUT2D eigenvalue weighted by Crippen LogP contribution is 2.07. The zero-order valence-corrected chi connectivity index (χ0v) is 8.08. The van der Waals surface area contributed by atoms with Crippen LogP contribution in [-0.4, -0.2) is 40.5 Å². The van der Waals surface area contributed by atoms with E-state index in [1.165, 1.54) is 19.5 Å². The van der Waals surface area contributed by atoms with Crippen molar-refractivity contribution in [2.45, 2.75) is 6.04 Å². The van der Waals surface area contributed by atoms with Crippen molar-refractivity contribution in [2.24, 2.45) is 5.73 Å². The minimum atomic E-state index is -1.09. The van der Waals surface area contributed by atoms with Crippen LogP contribution in [0.4, 0.5) is 0 Å². The number of aromatic nitrogens is 2. The van der Waals surface area contributed by atoms with Crippen LogP contribution in [0.5, 0.6) is 0 Å². The molecule has 3 N–H and O–H groups in total. The number of amides is 1. The number of ether oxygens (including phenoxy) is 1. The van der Waals surface area contributed by atoms with Crippen molar-refractivity contribution in [3.8, 4) is 0 Å². The second-order valence-electron chi connectivity index (χ2n) is 2.88.